The molecular weight excluding hydrogens is 323 g/mol. The number of methoxy groups -OCH3 is 2. The molecule has 2 aromatic carbocycles. The van der Waals surface area contributed by atoms with E-state index in [1.807, 2.05) is 18.2 Å². The van der Waals surface area contributed by atoms with Crippen LogP contribution >= 0.6 is 0 Å². The number of amides is 2. The van der Waals surface area contributed by atoms with E-state index < -0.39 is 5.54 Å². The predicted octanol–water partition coefficient (Wildman–Crippen LogP) is 3.33. The molecule has 0 heterocycles. The summed E-state index contributed by atoms with van der Waals surface area (Å²) in [6, 6.07) is 11.7. The second-order valence-electron chi connectivity index (χ2n) is 6.05. The van der Waals surface area contributed by atoms with E-state index in [4.69, 9.17) is 9.47 Å². The van der Waals surface area contributed by atoms with Crippen LogP contribution < -0.4 is 20.1 Å². The summed E-state index contributed by atoms with van der Waals surface area (Å²) in [4.78, 5) is 12.2. The van der Waals surface area contributed by atoms with Gasteiger partial charge in [0.25, 0.3) is 0 Å². The Balaban J connectivity index is 1.66. The molecule has 25 heavy (non-hydrogen) atoms. The third-order valence-corrected chi connectivity index (χ3v) is 4.44. The van der Waals surface area contributed by atoms with E-state index in [1.54, 1.807) is 32.4 Å². The van der Waals surface area contributed by atoms with Crippen molar-refractivity contribution in [3.8, 4) is 11.5 Å². The van der Waals surface area contributed by atoms with Crippen molar-refractivity contribution in [3.63, 3.8) is 0 Å². The van der Waals surface area contributed by atoms with Crippen molar-refractivity contribution in [2.75, 3.05) is 14.2 Å². The van der Waals surface area contributed by atoms with Crippen molar-refractivity contribution in [1.82, 2.24) is 10.6 Å². The van der Waals surface area contributed by atoms with Crippen LogP contribution in [0.1, 0.15) is 24.0 Å². The quantitative estimate of drug-likeness (QED) is 0.845. The summed E-state index contributed by atoms with van der Waals surface area (Å²) in [5, 5.41) is 5.70. The van der Waals surface area contributed by atoms with Crippen molar-refractivity contribution >= 4 is 6.03 Å². The SMILES string of the molecule is COc1ccc(C2(NC(=O)NCc3ccccc3F)CC2)cc1OC. The summed E-state index contributed by atoms with van der Waals surface area (Å²) in [6.45, 7) is 0.139. The van der Waals surface area contributed by atoms with Gasteiger partial charge in [0.1, 0.15) is 5.82 Å². The molecule has 1 fully saturated rings. The van der Waals surface area contributed by atoms with Gasteiger partial charge in [0.2, 0.25) is 0 Å². The molecule has 0 aromatic heterocycles. The molecule has 5 nitrogen and oxygen atoms in total. The monoisotopic (exact) mass is 344 g/mol. The van der Waals surface area contributed by atoms with Gasteiger partial charge in [0.15, 0.2) is 11.5 Å². The van der Waals surface area contributed by atoms with Crippen LogP contribution in [-0.4, -0.2) is 20.3 Å². The zero-order valence-corrected chi connectivity index (χ0v) is 14.3. The topological polar surface area (TPSA) is 59.6 Å². The standard InChI is InChI=1S/C19H21FN2O3/c1-24-16-8-7-14(11-17(16)25-2)19(9-10-19)22-18(23)21-12-13-5-3-4-6-15(13)20/h3-8,11H,9-10,12H2,1-2H3,(H2,21,22,23). The minimum Gasteiger partial charge on any atom is -0.493 e. The average Bonchev–Trinajstić information content (AvgIpc) is 3.41. The van der Waals surface area contributed by atoms with Gasteiger partial charge >= 0.3 is 6.03 Å². The smallest absolute Gasteiger partial charge is 0.315 e. The first-order valence-electron chi connectivity index (χ1n) is 8.10. The van der Waals surface area contributed by atoms with Gasteiger partial charge in [-0.1, -0.05) is 24.3 Å². The molecule has 0 spiro atoms. The molecule has 0 unspecified atom stereocenters. The van der Waals surface area contributed by atoms with E-state index >= 15 is 0 Å². The van der Waals surface area contributed by atoms with Crippen molar-refractivity contribution in [2.24, 2.45) is 0 Å². The highest BCUT2D eigenvalue weighted by Gasteiger charge is 2.46. The van der Waals surface area contributed by atoms with E-state index in [0.29, 0.717) is 17.1 Å². The maximum atomic E-state index is 13.6. The van der Waals surface area contributed by atoms with Gasteiger partial charge in [-0.15, -0.1) is 0 Å². The van der Waals surface area contributed by atoms with Crippen LogP contribution in [0.3, 0.4) is 0 Å². The molecule has 132 valence electrons. The fourth-order valence-electron chi connectivity index (χ4n) is 2.82. The minimum absolute atomic E-state index is 0.139. The summed E-state index contributed by atoms with van der Waals surface area (Å²) in [5.74, 6) is 0.940. The Hall–Kier alpha value is -2.76. The highest BCUT2D eigenvalue weighted by atomic mass is 19.1. The minimum atomic E-state index is -0.404. The van der Waals surface area contributed by atoms with Crippen molar-refractivity contribution in [2.45, 2.75) is 24.9 Å². The number of carbonyl (C=O) groups is 1. The van der Waals surface area contributed by atoms with Crippen LogP contribution in [-0.2, 0) is 12.1 Å². The fourth-order valence-corrected chi connectivity index (χ4v) is 2.82. The largest absolute Gasteiger partial charge is 0.493 e. The first-order valence-corrected chi connectivity index (χ1v) is 8.10. The Morgan fingerprint density at radius 3 is 2.48 bits per heavy atom. The second-order valence-corrected chi connectivity index (χ2v) is 6.05. The van der Waals surface area contributed by atoms with Crippen molar-refractivity contribution in [3.05, 3.63) is 59.4 Å². The molecule has 2 N–H and O–H groups in total. The van der Waals surface area contributed by atoms with Crippen molar-refractivity contribution < 1.29 is 18.7 Å². The van der Waals surface area contributed by atoms with Gasteiger partial charge in [-0.2, -0.15) is 0 Å². The van der Waals surface area contributed by atoms with Gasteiger partial charge in [-0.05, 0) is 36.6 Å². The lowest BCUT2D eigenvalue weighted by molar-refractivity contribution is 0.235. The first kappa shape index (κ1) is 17.1. The number of hydrogen-bond acceptors (Lipinski definition) is 3. The van der Waals surface area contributed by atoms with Crippen LogP contribution in [0.25, 0.3) is 0 Å². The van der Waals surface area contributed by atoms with Gasteiger partial charge in [0.05, 0.1) is 19.8 Å². The molecular formula is C19H21FN2O3. The molecule has 0 bridgehead atoms. The number of hydrogen-bond donors (Lipinski definition) is 2. The number of urea groups is 1. The summed E-state index contributed by atoms with van der Waals surface area (Å²) < 4.78 is 24.2. The Labute approximate surface area is 146 Å². The molecule has 2 aromatic rings. The molecule has 1 saturated carbocycles. The zero-order valence-electron chi connectivity index (χ0n) is 14.3. The lowest BCUT2D eigenvalue weighted by Crippen LogP contribution is -2.42. The first-order chi connectivity index (χ1) is 12.1. The third-order valence-electron chi connectivity index (χ3n) is 4.44. The molecule has 2 amide bonds. The number of carbonyl (C=O) groups excluding carboxylic acids is 1. The van der Waals surface area contributed by atoms with Crippen LogP contribution in [0.15, 0.2) is 42.5 Å². The predicted molar refractivity (Wildman–Crippen MR) is 92.2 cm³/mol. The number of benzene rings is 2. The zero-order chi connectivity index (χ0) is 17.9. The number of ether oxygens (including phenoxy) is 2. The van der Waals surface area contributed by atoms with Gasteiger partial charge in [-0.25, -0.2) is 9.18 Å². The highest BCUT2D eigenvalue weighted by molar-refractivity contribution is 5.75. The molecule has 0 radical (unpaired) electrons. The van der Waals surface area contributed by atoms with Crippen molar-refractivity contribution in [1.29, 1.82) is 0 Å². The van der Waals surface area contributed by atoms with E-state index in [-0.39, 0.29) is 18.4 Å². The van der Waals surface area contributed by atoms with E-state index in [2.05, 4.69) is 10.6 Å². The Morgan fingerprint density at radius 1 is 1.12 bits per heavy atom. The van der Waals surface area contributed by atoms with Crippen LogP contribution in [0, 0.1) is 5.82 Å². The summed E-state index contributed by atoms with van der Waals surface area (Å²) in [7, 11) is 3.16. The summed E-state index contributed by atoms with van der Waals surface area (Å²) >= 11 is 0. The van der Waals surface area contributed by atoms with Gasteiger partial charge in [-0.3, -0.25) is 0 Å². The van der Waals surface area contributed by atoms with Crippen LogP contribution in [0.4, 0.5) is 9.18 Å². The van der Waals surface area contributed by atoms with E-state index in [1.165, 1.54) is 6.07 Å². The van der Waals surface area contributed by atoms with E-state index in [9.17, 15) is 9.18 Å². The summed E-state index contributed by atoms with van der Waals surface area (Å²) in [5.41, 5.74) is 1.01. The Kier molecular flexibility index (Phi) is 4.79. The number of halogens is 1. The normalized spacial score (nSPS) is 14.5. The van der Waals surface area contributed by atoms with Crippen LogP contribution in [0.2, 0.25) is 0 Å². The fraction of sp³-hybridized carbons (Fsp3) is 0.316. The van der Waals surface area contributed by atoms with Crippen LogP contribution in [0.5, 0.6) is 11.5 Å². The lowest BCUT2D eigenvalue weighted by atomic mass is 10.0. The highest BCUT2D eigenvalue weighted by Crippen LogP contribution is 2.47. The Morgan fingerprint density at radius 2 is 1.84 bits per heavy atom. The molecule has 6 heteroatoms. The van der Waals surface area contributed by atoms with Gasteiger partial charge < -0.3 is 20.1 Å². The summed E-state index contributed by atoms with van der Waals surface area (Å²) in [6.07, 6.45) is 1.69. The maximum Gasteiger partial charge on any atom is 0.315 e. The molecule has 0 aliphatic heterocycles. The second kappa shape index (κ2) is 7.01. The molecule has 0 atom stereocenters. The molecule has 1 aliphatic rings. The maximum absolute atomic E-state index is 13.6. The lowest BCUT2D eigenvalue weighted by Gasteiger charge is -2.20. The average molecular weight is 344 g/mol. The Bertz CT molecular complexity index is 775. The third kappa shape index (κ3) is 3.68. The number of rotatable bonds is 6. The molecule has 3 rings (SSSR count). The van der Waals surface area contributed by atoms with E-state index in [0.717, 1.165) is 18.4 Å². The molecule has 1 aliphatic carbocycles. The number of nitrogens with one attached hydrogen (secondary N) is 2. The molecule has 0 saturated heterocycles. The van der Waals surface area contributed by atoms with Gasteiger partial charge in [0, 0.05) is 12.1 Å².